The topological polar surface area (TPSA) is 105 Å². The molecule has 7 heteroatoms. The molecule has 1 unspecified atom stereocenters. The summed E-state index contributed by atoms with van der Waals surface area (Å²) in [5.74, 6) is -0.760. The van der Waals surface area contributed by atoms with E-state index in [2.05, 4.69) is 34.9 Å². The van der Waals surface area contributed by atoms with Gasteiger partial charge in [0.05, 0.1) is 6.42 Å². The van der Waals surface area contributed by atoms with Crippen LogP contribution in [0.3, 0.4) is 0 Å². The summed E-state index contributed by atoms with van der Waals surface area (Å²) < 4.78 is 5.59. The van der Waals surface area contributed by atoms with Crippen molar-refractivity contribution in [2.75, 3.05) is 13.2 Å². The van der Waals surface area contributed by atoms with Gasteiger partial charge in [0.25, 0.3) is 0 Å². The molecule has 180 valence electrons. The van der Waals surface area contributed by atoms with Gasteiger partial charge in [-0.25, -0.2) is 4.79 Å². The zero-order valence-electron chi connectivity index (χ0n) is 19.7. The number of hydrogen-bond donors (Lipinski definition) is 3. The van der Waals surface area contributed by atoms with E-state index in [0.29, 0.717) is 12.5 Å². The third-order valence-electron chi connectivity index (χ3n) is 6.67. The Kier molecular flexibility index (Phi) is 6.91. The number of carbonyl (C=O) groups is 3. The minimum absolute atomic E-state index is 0.0295. The minimum atomic E-state index is -0.844. The Labute approximate surface area is 199 Å². The molecule has 34 heavy (non-hydrogen) atoms. The summed E-state index contributed by atoms with van der Waals surface area (Å²) in [5, 5.41) is 14.7. The van der Waals surface area contributed by atoms with E-state index in [9.17, 15) is 14.4 Å². The molecule has 2 amide bonds. The maximum Gasteiger partial charge on any atom is 0.407 e. The van der Waals surface area contributed by atoms with Crippen LogP contribution in [0.15, 0.2) is 48.5 Å². The van der Waals surface area contributed by atoms with Crippen LogP contribution < -0.4 is 10.6 Å². The van der Waals surface area contributed by atoms with Crippen LogP contribution in [0, 0.1) is 11.8 Å². The van der Waals surface area contributed by atoms with Crippen LogP contribution >= 0.6 is 0 Å². The number of fused-ring (bicyclic) bond motifs is 3. The lowest BCUT2D eigenvalue weighted by molar-refractivity contribution is -0.138. The van der Waals surface area contributed by atoms with Gasteiger partial charge >= 0.3 is 12.1 Å². The fourth-order valence-electron chi connectivity index (χ4n) is 4.86. The summed E-state index contributed by atoms with van der Waals surface area (Å²) in [7, 11) is 0. The van der Waals surface area contributed by atoms with Gasteiger partial charge in [-0.2, -0.15) is 0 Å². The predicted octanol–water partition coefficient (Wildman–Crippen LogP) is 4.31. The molecule has 0 heterocycles. The van der Waals surface area contributed by atoms with Gasteiger partial charge in [0.15, 0.2) is 0 Å². The van der Waals surface area contributed by atoms with Crippen LogP contribution in [-0.4, -0.2) is 41.8 Å². The van der Waals surface area contributed by atoms with Gasteiger partial charge in [0.2, 0.25) is 5.91 Å². The minimum Gasteiger partial charge on any atom is -0.481 e. The quantitative estimate of drug-likeness (QED) is 0.486. The van der Waals surface area contributed by atoms with E-state index in [1.54, 1.807) is 13.8 Å². The van der Waals surface area contributed by atoms with Crippen LogP contribution in [0.5, 0.6) is 0 Å². The van der Waals surface area contributed by atoms with Crippen LogP contribution in [-0.2, 0) is 14.3 Å². The SMILES string of the molecule is CC(C)(CC(=O)NCC(CC(=O)O)C1CC1)NC(=O)OCC1c2ccccc2-c2ccccc21. The van der Waals surface area contributed by atoms with Gasteiger partial charge in [-0.3, -0.25) is 9.59 Å². The third-order valence-corrected chi connectivity index (χ3v) is 6.67. The van der Waals surface area contributed by atoms with Crippen molar-refractivity contribution in [1.29, 1.82) is 0 Å². The second-order valence-corrected chi connectivity index (χ2v) is 10.0. The van der Waals surface area contributed by atoms with Crippen molar-refractivity contribution in [2.24, 2.45) is 11.8 Å². The van der Waals surface area contributed by atoms with Crippen molar-refractivity contribution in [3.8, 4) is 11.1 Å². The Hall–Kier alpha value is -3.35. The lowest BCUT2D eigenvalue weighted by atomic mass is 9.98. The average Bonchev–Trinajstić information content (AvgIpc) is 3.57. The highest BCUT2D eigenvalue weighted by Gasteiger charge is 2.34. The number of carbonyl (C=O) groups excluding carboxylic acids is 2. The summed E-state index contributed by atoms with van der Waals surface area (Å²) in [6, 6.07) is 16.3. The van der Waals surface area contributed by atoms with Crippen molar-refractivity contribution < 1.29 is 24.2 Å². The number of carboxylic acid groups (broad SMARTS) is 1. The molecule has 0 aliphatic heterocycles. The normalized spacial score (nSPS) is 15.7. The van der Waals surface area contributed by atoms with Gasteiger partial charge in [-0.1, -0.05) is 48.5 Å². The van der Waals surface area contributed by atoms with Gasteiger partial charge in [0, 0.05) is 24.4 Å². The molecule has 0 bridgehead atoms. The van der Waals surface area contributed by atoms with Gasteiger partial charge in [-0.15, -0.1) is 0 Å². The maximum absolute atomic E-state index is 12.6. The molecular formula is C27H32N2O5. The highest BCUT2D eigenvalue weighted by atomic mass is 16.5. The molecule has 0 aromatic heterocycles. The third kappa shape index (κ3) is 5.76. The summed E-state index contributed by atoms with van der Waals surface area (Å²) in [6.07, 6.45) is 1.60. The average molecular weight is 465 g/mol. The number of nitrogens with one attached hydrogen (secondary N) is 2. The van der Waals surface area contributed by atoms with E-state index < -0.39 is 17.6 Å². The molecule has 7 nitrogen and oxygen atoms in total. The number of alkyl carbamates (subject to hydrolysis) is 1. The second kappa shape index (κ2) is 9.87. The Balaban J connectivity index is 1.28. The first-order chi connectivity index (χ1) is 16.2. The second-order valence-electron chi connectivity index (χ2n) is 10.0. The smallest absolute Gasteiger partial charge is 0.407 e. The Bertz CT molecular complexity index is 1030. The van der Waals surface area contributed by atoms with E-state index >= 15 is 0 Å². The number of carboxylic acids is 1. The molecule has 1 fully saturated rings. The van der Waals surface area contributed by atoms with Crippen molar-refractivity contribution in [3.63, 3.8) is 0 Å². The summed E-state index contributed by atoms with van der Waals surface area (Å²) in [6.45, 7) is 4.09. The van der Waals surface area contributed by atoms with E-state index in [-0.39, 0.29) is 37.2 Å². The summed E-state index contributed by atoms with van der Waals surface area (Å²) >= 11 is 0. The van der Waals surface area contributed by atoms with Gasteiger partial charge in [0.1, 0.15) is 6.61 Å². The van der Waals surface area contributed by atoms with Gasteiger partial charge in [-0.05, 0) is 60.8 Å². The molecule has 0 radical (unpaired) electrons. The Morgan fingerprint density at radius 2 is 1.62 bits per heavy atom. The highest BCUT2D eigenvalue weighted by molar-refractivity contribution is 5.80. The molecule has 3 N–H and O–H groups in total. The molecule has 2 aliphatic rings. The van der Waals surface area contributed by atoms with E-state index in [0.717, 1.165) is 35.1 Å². The highest BCUT2D eigenvalue weighted by Crippen LogP contribution is 2.44. The van der Waals surface area contributed by atoms with E-state index in [1.807, 2.05) is 24.3 Å². The molecule has 2 aromatic rings. The van der Waals surface area contributed by atoms with Crippen molar-refractivity contribution in [1.82, 2.24) is 10.6 Å². The molecule has 0 saturated heterocycles. The Morgan fingerprint density at radius 1 is 1.03 bits per heavy atom. The first-order valence-electron chi connectivity index (χ1n) is 11.8. The number of amides is 2. The van der Waals surface area contributed by atoms with Gasteiger partial charge < -0.3 is 20.5 Å². The zero-order valence-corrected chi connectivity index (χ0v) is 19.7. The predicted molar refractivity (Wildman–Crippen MR) is 128 cm³/mol. The summed E-state index contributed by atoms with van der Waals surface area (Å²) in [5.41, 5.74) is 3.80. The summed E-state index contributed by atoms with van der Waals surface area (Å²) in [4.78, 5) is 36.1. The van der Waals surface area contributed by atoms with Crippen LogP contribution in [0.1, 0.15) is 56.6 Å². The molecule has 2 aromatic carbocycles. The van der Waals surface area contributed by atoms with E-state index in [1.165, 1.54) is 0 Å². The lowest BCUT2D eigenvalue weighted by Crippen LogP contribution is -2.47. The Morgan fingerprint density at radius 3 is 2.18 bits per heavy atom. The molecule has 4 rings (SSSR count). The number of benzene rings is 2. The van der Waals surface area contributed by atoms with Crippen molar-refractivity contribution in [2.45, 2.75) is 51.0 Å². The maximum atomic E-state index is 12.6. The largest absolute Gasteiger partial charge is 0.481 e. The monoisotopic (exact) mass is 464 g/mol. The zero-order chi connectivity index (χ0) is 24.3. The molecule has 0 spiro atoms. The first-order valence-corrected chi connectivity index (χ1v) is 11.8. The number of rotatable bonds is 10. The number of ether oxygens (including phenoxy) is 1. The molecule has 2 aliphatic carbocycles. The number of aliphatic carboxylic acids is 1. The number of hydrogen-bond acceptors (Lipinski definition) is 4. The first kappa shape index (κ1) is 23.8. The van der Waals surface area contributed by atoms with Crippen LogP contribution in [0.2, 0.25) is 0 Å². The van der Waals surface area contributed by atoms with Crippen LogP contribution in [0.25, 0.3) is 11.1 Å². The molecule has 1 atom stereocenters. The lowest BCUT2D eigenvalue weighted by Gasteiger charge is -2.26. The van der Waals surface area contributed by atoms with Crippen molar-refractivity contribution in [3.05, 3.63) is 59.7 Å². The fraction of sp³-hybridized carbons (Fsp3) is 0.444. The standard InChI is InChI=1S/C27H32N2O5/c1-27(2,14-24(30)28-15-18(13-25(31)32)17-11-12-17)29-26(33)34-16-23-21-9-5-3-7-19(21)20-8-4-6-10-22(20)23/h3-10,17-18,23H,11-16H2,1-2H3,(H,28,30)(H,29,33)(H,31,32). The molecular weight excluding hydrogens is 432 g/mol. The van der Waals surface area contributed by atoms with E-state index in [4.69, 9.17) is 9.84 Å². The van der Waals surface area contributed by atoms with Crippen LogP contribution in [0.4, 0.5) is 4.79 Å². The fourth-order valence-corrected chi connectivity index (χ4v) is 4.86. The van der Waals surface area contributed by atoms with Crippen molar-refractivity contribution >= 4 is 18.0 Å². The molecule has 1 saturated carbocycles.